The molecule has 0 fully saturated rings. The molecule has 0 unspecified atom stereocenters. The standard InChI is InChI=1S/C17H20N2O3/c1-2-10-21-16-6-3-14(4-7-16)12-18-15-5-8-17(19-13-15)22-11-9-20/h2-8,13,18,20H,1,9-12H2. The van der Waals surface area contributed by atoms with Gasteiger partial charge in [0, 0.05) is 12.6 Å². The van der Waals surface area contributed by atoms with Crippen molar-refractivity contribution in [3.63, 3.8) is 0 Å². The summed E-state index contributed by atoms with van der Waals surface area (Å²) in [6.07, 6.45) is 3.42. The van der Waals surface area contributed by atoms with Gasteiger partial charge >= 0.3 is 0 Å². The third-order valence-corrected chi connectivity index (χ3v) is 2.87. The first kappa shape index (κ1) is 15.9. The van der Waals surface area contributed by atoms with Gasteiger partial charge in [-0.25, -0.2) is 4.98 Å². The van der Waals surface area contributed by atoms with Crippen molar-refractivity contribution < 1.29 is 14.6 Å². The molecular formula is C17H20N2O3. The summed E-state index contributed by atoms with van der Waals surface area (Å²) in [5.41, 5.74) is 2.05. The number of nitrogens with one attached hydrogen (secondary N) is 1. The Hall–Kier alpha value is -2.53. The quantitative estimate of drug-likeness (QED) is 0.697. The number of benzene rings is 1. The second-order valence-corrected chi connectivity index (χ2v) is 4.55. The zero-order valence-electron chi connectivity index (χ0n) is 12.4. The maximum absolute atomic E-state index is 8.68. The van der Waals surface area contributed by atoms with Gasteiger partial charge in [-0.2, -0.15) is 0 Å². The van der Waals surface area contributed by atoms with Crippen LogP contribution in [-0.2, 0) is 6.54 Å². The molecule has 0 aliphatic rings. The monoisotopic (exact) mass is 300 g/mol. The Labute approximate surface area is 130 Å². The number of hydrogen-bond acceptors (Lipinski definition) is 5. The van der Waals surface area contributed by atoms with Crippen molar-refractivity contribution in [1.82, 2.24) is 4.98 Å². The summed E-state index contributed by atoms with van der Waals surface area (Å²) in [4.78, 5) is 4.15. The Morgan fingerprint density at radius 1 is 1.14 bits per heavy atom. The fourth-order valence-corrected chi connectivity index (χ4v) is 1.78. The number of rotatable bonds is 9. The first-order valence-corrected chi connectivity index (χ1v) is 7.08. The van der Waals surface area contributed by atoms with Gasteiger partial charge in [0.05, 0.1) is 18.5 Å². The van der Waals surface area contributed by atoms with Crippen LogP contribution in [0.3, 0.4) is 0 Å². The molecule has 2 N–H and O–H groups in total. The first-order valence-electron chi connectivity index (χ1n) is 7.08. The van der Waals surface area contributed by atoms with Crippen LogP contribution < -0.4 is 14.8 Å². The molecule has 1 aromatic carbocycles. The van der Waals surface area contributed by atoms with E-state index in [1.807, 2.05) is 30.3 Å². The van der Waals surface area contributed by atoms with Gasteiger partial charge in [0.25, 0.3) is 0 Å². The minimum Gasteiger partial charge on any atom is -0.490 e. The van der Waals surface area contributed by atoms with Crippen molar-refractivity contribution in [2.75, 3.05) is 25.1 Å². The SMILES string of the molecule is C=CCOc1ccc(CNc2ccc(OCCO)nc2)cc1. The number of hydrogen-bond donors (Lipinski definition) is 2. The van der Waals surface area contributed by atoms with Gasteiger partial charge in [-0.05, 0) is 23.8 Å². The van der Waals surface area contributed by atoms with Crippen LogP contribution in [0.25, 0.3) is 0 Å². The number of aliphatic hydroxyl groups excluding tert-OH is 1. The van der Waals surface area contributed by atoms with Crippen molar-refractivity contribution in [2.24, 2.45) is 0 Å². The van der Waals surface area contributed by atoms with E-state index in [1.165, 1.54) is 0 Å². The highest BCUT2D eigenvalue weighted by Crippen LogP contribution is 2.15. The van der Waals surface area contributed by atoms with E-state index in [4.69, 9.17) is 14.6 Å². The Balaban J connectivity index is 1.83. The average molecular weight is 300 g/mol. The normalized spacial score (nSPS) is 10.0. The predicted octanol–water partition coefficient (Wildman–Crippen LogP) is 2.63. The molecule has 1 heterocycles. The van der Waals surface area contributed by atoms with E-state index < -0.39 is 0 Å². The van der Waals surface area contributed by atoms with Crippen LogP contribution in [0, 0.1) is 0 Å². The molecule has 0 aliphatic carbocycles. The van der Waals surface area contributed by atoms with E-state index in [0.29, 0.717) is 19.0 Å². The molecule has 0 radical (unpaired) electrons. The van der Waals surface area contributed by atoms with Gasteiger partial charge < -0.3 is 19.9 Å². The molecule has 5 heteroatoms. The molecule has 0 spiro atoms. The summed E-state index contributed by atoms with van der Waals surface area (Å²) in [6, 6.07) is 11.6. The second-order valence-electron chi connectivity index (χ2n) is 4.55. The number of nitrogens with zero attached hydrogens (tertiary/aromatic N) is 1. The lowest BCUT2D eigenvalue weighted by Crippen LogP contribution is -2.04. The molecule has 0 atom stereocenters. The van der Waals surface area contributed by atoms with Gasteiger partial charge in [-0.1, -0.05) is 24.8 Å². The van der Waals surface area contributed by atoms with Crippen LogP contribution in [-0.4, -0.2) is 29.9 Å². The van der Waals surface area contributed by atoms with Crippen LogP contribution in [0.2, 0.25) is 0 Å². The highest BCUT2D eigenvalue weighted by atomic mass is 16.5. The van der Waals surface area contributed by atoms with Crippen LogP contribution in [0.15, 0.2) is 55.3 Å². The van der Waals surface area contributed by atoms with Gasteiger partial charge in [-0.3, -0.25) is 0 Å². The largest absolute Gasteiger partial charge is 0.490 e. The fraction of sp³-hybridized carbons (Fsp3) is 0.235. The van der Waals surface area contributed by atoms with Crippen LogP contribution in [0.5, 0.6) is 11.6 Å². The molecule has 2 rings (SSSR count). The Kier molecular flexibility index (Phi) is 6.26. The molecule has 2 aromatic rings. The molecule has 0 amide bonds. The number of ether oxygens (including phenoxy) is 2. The smallest absolute Gasteiger partial charge is 0.213 e. The minimum absolute atomic E-state index is 0.0197. The van der Waals surface area contributed by atoms with E-state index in [1.54, 1.807) is 18.3 Å². The summed E-state index contributed by atoms with van der Waals surface area (Å²) in [5, 5.41) is 12.0. The lowest BCUT2D eigenvalue weighted by molar-refractivity contribution is 0.196. The summed E-state index contributed by atoms with van der Waals surface area (Å²) in [5.74, 6) is 1.33. The number of pyridine rings is 1. The van der Waals surface area contributed by atoms with Crippen molar-refractivity contribution in [2.45, 2.75) is 6.54 Å². The molecular weight excluding hydrogens is 280 g/mol. The van der Waals surface area contributed by atoms with Crippen molar-refractivity contribution in [3.05, 3.63) is 60.8 Å². The molecule has 116 valence electrons. The zero-order valence-corrected chi connectivity index (χ0v) is 12.4. The predicted molar refractivity (Wildman–Crippen MR) is 86.3 cm³/mol. The zero-order chi connectivity index (χ0) is 15.6. The van der Waals surface area contributed by atoms with Gasteiger partial charge in [0.1, 0.15) is 19.0 Å². The highest BCUT2D eigenvalue weighted by Gasteiger charge is 1.98. The molecule has 0 saturated heterocycles. The summed E-state index contributed by atoms with van der Waals surface area (Å²) in [7, 11) is 0. The lowest BCUT2D eigenvalue weighted by atomic mass is 10.2. The topological polar surface area (TPSA) is 63.6 Å². The summed E-state index contributed by atoms with van der Waals surface area (Å²) >= 11 is 0. The Morgan fingerprint density at radius 3 is 2.59 bits per heavy atom. The maximum Gasteiger partial charge on any atom is 0.213 e. The first-order chi connectivity index (χ1) is 10.8. The summed E-state index contributed by atoms with van der Waals surface area (Å²) in [6.45, 7) is 5.05. The number of aliphatic hydroxyl groups is 1. The molecule has 0 saturated carbocycles. The Bertz CT molecular complexity index is 567. The third kappa shape index (κ3) is 5.10. The number of aromatic nitrogens is 1. The van der Waals surface area contributed by atoms with Crippen LogP contribution in [0.4, 0.5) is 5.69 Å². The Morgan fingerprint density at radius 2 is 1.95 bits per heavy atom. The van der Waals surface area contributed by atoms with E-state index in [-0.39, 0.29) is 13.2 Å². The second kappa shape index (κ2) is 8.69. The summed E-state index contributed by atoms with van der Waals surface area (Å²) < 4.78 is 10.6. The van der Waals surface area contributed by atoms with E-state index in [9.17, 15) is 0 Å². The van der Waals surface area contributed by atoms with E-state index >= 15 is 0 Å². The number of anilines is 1. The average Bonchev–Trinajstić information content (AvgIpc) is 2.58. The minimum atomic E-state index is -0.0197. The molecule has 1 aromatic heterocycles. The van der Waals surface area contributed by atoms with Gasteiger partial charge in [0.15, 0.2) is 0 Å². The molecule has 22 heavy (non-hydrogen) atoms. The van der Waals surface area contributed by atoms with Gasteiger partial charge in [0.2, 0.25) is 5.88 Å². The molecule has 0 bridgehead atoms. The van der Waals surface area contributed by atoms with Crippen molar-refractivity contribution in [1.29, 1.82) is 0 Å². The van der Waals surface area contributed by atoms with Crippen molar-refractivity contribution in [3.8, 4) is 11.6 Å². The maximum atomic E-state index is 8.68. The van der Waals surface area contributed by atoms with Crippen molar-refractivity contribution >= 4 is 5.69 Å². The fourth-order valence-electron chi connectivity index (χ4n) is 1.78. The lowest BCUT2D eigenvalue weighted by Gasteiger charge is -2.08. The van der Waals surface area contributed by atoms with Crippen LogP contribution in [0.1, 0.15) is 5.56 Å². The molecule has 0 aliphatic heterocycles. The van der Waals surface area contributed by atoms with E-state index in [2.05, 4.69) is 16.9 Å². The van der Waals surface area contributed by atoms with Gasteiger partial charge in [-0.15, -0.1) is 0 Å². The van der Waals surface area contributed by atoms with Crippen LogP contribution >= 0.6 is 0 Å². The molecule has 5 nitrogen and oxygen atoms in total. The third-order valence-electron chi connectivity index (χ3n) is 2.87. The highest BCUT2D eigenvalue weighted by molar-refractivity contribution is 5.43. The van der Waals surface area contributed by atoms with E-state index in [0.717, 1.165) is 17.0 Å².